The molecule has 9 rings (SSSR count). The standard InChI is InChI=1S/C54H86O27S/c1-22(2)10-13-30(57)52(8)53(67)17-16-51(7)24-11-12-29-49(4,5)32(14-15-50(29,6)25(24)18-31(58)54(51,53)48(66)80-52)76-47-43(35(61)28(21-72-47)81-82(68,69)70)79-44-37(63)36(62)40(23(3)73-44)77-46-39(65)42(34(60)27(20-56)75-46)78-45-38(64)41(71-9)33(59)26(19-55)74-45/h10,18,23-24,26-47,55-65,67H,11-17,19-21H2,1-9H3,(H,68,69,70)/t23-,24-,26-,27-,28-,29+,30?,31+,32+,33-,34-,35+,36-,37-,38-,39-,40-,41+,42+,43-,44+,45+,46+,47+,50-,51+,52+,53+,54-/m1/s1. The highest BCUT2D eigenvalue weighted by Gasteiger charge is 2.86. The van der Waals surface area contributed by atoms with Crippen LogP contribution in [0.25, 0.3) is 0 Å². The van der Waals surface area contributed by atoms with Gasteiger partial charge in [0.2, 0.25) is 0 Å². The number of esters is 1. The summed E-state index contributed by atoms with van der Waals surface area (Å²) in [6, 6.07) is 0. The average Bonchev–Trinajstić information content (AvgIpc) is 1.49. The summed E-state index contributed by atoms with van der Waals surface area (Å²) in [5, 5.41) is 136. The van der Waals surface area contributed by atoms with E-state index in [1.165, 1.54) is 14.0 Å². The number of methoxy groups -OCH3 is 1. The van der Waals surface area contributed by atoms with Gasteiger partial charge in [-0.3, -0.25) is 9.35 Å². The van der Waals surface area contributed by atoms with Crippen molar-refractivity contribution in [1.82, 2.24) is 0 Å². The minimum atomic E-state index is -5.20. The van der Waals surface area contributed by atoms with Gasteiger partial charge >= 0.3 is 16.4 Å². The number of hydrogen-bond acceptors (Lipinski definition) is 26. The van der Waals surface area contributed by atoms with Crippen molar-refractivity contribution < 1.29 is 131 Å². The molecule has 5 saturated heterocycles. The number of hydrogen-bond donors (Lipinski definition) is 13. The van der Waals surface area contributed by atoms with E-state index in [4.69, 9.17) is 51.6 Å². The van der Waals surface area contributed by atoms with Gasteiger partial charge < -0.3 is 109 Å². The molecule has 1 spiro atoms. The summed E-state index contributed by atoms with van der Waals surface area (Å²) < 4.78 is 97.6. The van der Waals surface area contributed by atoms with E-state index in [0.29, 0.717) is 32.1 Å². The summed E-state index contributed by atoms with van der Waals surface area (Å²) in [6.07, 6.45) is -29.8. The van der Waals surface area contributed by atoms with E-state index < -0.39 is 204 Å². The molecule has 13 N–H and O–H groups in total. The summed E-state index contributed by atoms with van der Waals surface area (Å²) in [6.45, 7) is 12.5. The molecule has 4 aliphatic carbocycles. The fraction of sp³-hybridized carbons (Fsp3) is 0.907. The molecule has 5 aliphatic heterocycles. The molecule has 82 heavy (non-hydrogen) atoms. The van der Waals surface area contributed by atoms with Crippen molar-refractivity contribution in [3.05, 3.63) is 23.3 Å². The largest absolute Gasteiger partial charge is 0.453 e. The average molecular weight is 1200 g/mol. The highest BCUT2D eigenvalue weighted by molar-refractivity contribution is 7.80. The molecule has 0 amide bonds. The Morgan fingerprint density at radius 3 is 1.91 bits per heavy atom. The molecule has 9 aliphatic rings. The van der Waals surface area contributed by atoms with Crippen LogP contribution in [-0.2, 0) is 66.7 Å². The SMILES string of the molecule is CO[C@@H]1[C@@H](O)[C@H](O[C@@H]2[C@@H](O)[C@H](O[C@H]3[C@H](O)[C@@H](O)[C@H](O[C@H]4[C@H](O[C@H]5CC[C@]6(C)C7=C[C@H](O)[C@]89C(=O)O[C@@](C)(C(O)CC=C(C)C)[C@@]8(O)CC[C@@]9(C)[C@@H]7CC[C@H]6C5(C)C)OC[C@@H](OS(=O)(=O)O)[C@@H]4O)O[C@@H]3C)O[C@H](CO)[C@H]2O)O[C@H](CO)[C@H]1O. The number of carbonyl (C=O) groups is 1. The van der Waals surface area contributed by atoms with Gasteiger partial charge in [-0.05, 0) is 101 Å². The molecule has 0 radical (unpaired) electrons. The Balaban J connectivity index is 0.917. The summed E-state index contributed by atoms with van der Waals surface area (Å²) in [5.74, 6) is -1.19. The zero-order valence-corrected chi connectivity index (χ0v) is 48.3. The highest BCUT2D eigenvalue weighted by atomic mass is 32.3. The van der Waals surface area contributed by atoms with Gasteiger partial charge in [0.05, 0.1) is 44.2 Å². The number of allylic oxidation sites excluding steroid dienone is 2. The van der Waals surface area contributed by atoms with Crippen LogP contribution in [0.15, 0.2) is 23.3 Å². The zero-order chi connectivity index (χ0) is 60.4. The maximum atomic E-state index is 14.5. The van der Waals surface area contributed by atoms with Crippen LogP contribution in [0, 0.1) is 33.5 Å². The number of cyclic esters (lactones) is 1. The second-order valence-electron chi connectivity index (χ2n) is 25.6. The Bertz CT molecular complexity index is 2480. The number of aliphatic hydroxyl groups excluding tert-OH is 11. The Kier molecular flexibility index (Phi) is 18.2. The van der Waals surface area contributed by atoms with Crippen molar-refractivity contribution in [3.8, 4) is 0 Å². The van der Waals surface area contributed by atoms with E-state index >= 15 is 0 Å². The topological polar surface area (TPSA) is 416 Å². The number of fused-ring (bicyclic) bond motifs is 4. The normalized spacial score (nSPS) is 51.4. The molecule has 0 aromatic carbocycles. The first-order valence-electron chi connectivity index (χ1n) is 28.3. The van der Waals surface area contributed by atoms with Crippen LogP contribution in [0.2, 0.25) is 0 Å². The van der Waals surface area contributed by atoms with Crippen LogP contribution in [-0.4, -0.2) is 253 Å². The van der Waals surface area contributed by atoms with Crippen LogP contribution in [0.1, 0.15) is 100 Å². The van der Waals surface area contributed by atoms with Crippen molar-refractivity contribution in [1.29, 1.82) is 0 Å². The molecule has 8 fully saturated rings. The molecule has 470 valence electrons. The molecular weight excluding hydrogens is 1110 g/mol. The van der Waals surface area contributed by atoms with Crippen molar-refractivity contribution in [2.45, 2.75) is 247 Å². The van der Waals surface area contributed by atoms with Gasteiger partial charge in [0.25, 0.3) is 0 Å². The van der Waals surface area contributed by atoms with Crippen molar-refractivity contribution >= 4 is 16.4 Å². The highest BCUT2D eigenvalue weighted by Crippen LogP contribution is 2.77. The molecule has 3 saturated carbocycles. The summed E-state index contributed by atoms with van der Waals surface area (Å²) >= 11 is 0. The first kappa shape index (κ1) is 64.5. The summed E-state index contributed by atoms with van der Waals surface area (Å²) in [5.41, 5.74) is -5.86. The Morgan fingerprint density at radius 2 is 1.32 bits per heavy atom. The first-order chi connectivity index (χ1) is 38.2. The number of carbonyl (C=O) groups excluding carboxylic acids is 1. The third kappa shape index (κ3) is 10.2. The molecule has 27 nitrogen and oxygen atoms in total. The number of rotatable bonds is 16. The fourth-order valence-corrected chi connectivity index (χ4v) is 16.7. The predicted molar refractivity (Wildman–Crippen MR) is 275 cm³/mol. The minimum absolute atomic E-state index is 0.103. The van der Waals surface area contributed by atoms with Gasteiger partial charge in [0.1, 0.15) is 96.5 Å². The van der Waals surface area contributed by atoms with Crippen molar-refractivity contribution in [2.24, 2.45) is 33.5 Å². The van der Waals surface area contributed by atoms with Gasteiger partial charge in [-0.25, -0.2) is 4.18 Å². The lowest BCUT2D eigenvalue weighted by atomic mass is 9.40. The maximum absolute atomic E-state index is 14.5. The van der Waals surface area contributed by atoms with Crippen molar-refractivity contribution in [3.63, 3.8) is 0 Å². The van der Waals surface area contributed by atoms with E-state index in [0.717, 1.165) is 11.1 Å². The Morgan fingerprint density at radius 1 is 0.732 bits per heavy atom. The molecular formula is C54H86O27S. The van der Waals surface area contributed by atoms with E-state index in [-0.39, 0.29) is 24.7 Å². The summed E-state index contributed by atoms with van der Waals surface area (Å²) in [7, 11) is -4.03. The molecule has 0 bridgehead atoms. The van der Waals surface area contributed by atoms with Crippen LogP contribution < -0.4 is 0 Å². The molecule has 0 aromatic heterocycles. The zero-order valence-electron chi connectivity index (χ0n) is 47.5. The quantitative estimate of drug-likeness (QED) is 0.0329. The Hall–Kier alpha value is -2.02. The Labute approximate surface area is 475 Å². The van der Waals surface area contributed by atoms with Gasteiger partial charge in [0.15, 0.2) is 30.8 Å². The van der Waals surface area contributed by atoms with E-state index in [9.17, 15) is 79.0 Å². The fourth-order valence-electron chi connectivity index (χ4n) is 16.2. The predicted octanol–water partition coefficient (Wildman–Crippen LogP) is -2.50. The van der Waals surface area contributed by atoms with Gasteiger partial charge in [-0.15, -0.1) is 0 Å². The van der Waals surface area contributed by atoms with E-state index in [1.54, 1.807) is 13.0 Å². The maximum Gasteiger partial charge on any atom is 0.397 e. The summed E-state index contributed by atoms with van der Waals surface area (Å²) in [4.78, 5) is 14.5. The number of ether oxygens (including phenoxy) is 10. The van der Waals surface area contributed by atoms with E-state index in [1.807, 2.05) is 40.7 Å². The second-order valence-corrected chi connectivity index (χ2v) is 26.7. The third-order valence-electron chi connectivity index (χ3n) is 20.7. The van der Waals surface area contributed by atoms with Crippen LogP contribution in [0.3, 0.4) is 0 Å². The van der Waals surface area contributed by atoms with E-state index in [2.05, 4.69) is 6.92 Å². The molecule has 5 heterocycles. The number of aliphatic hydroxyl groups is 12. The lowest BCUT2D eigenvalue weighted by Crippen LogP contribution is -2.69. The first-order valence-corrected chi connectivity index (χ1v) is 29.6. The second kappa shape index (κ2) is 23.2. The van der Waals surface area contributed by atoms with Gasteiger partial charge in [-0.1, -0.05) is 51.0 Å². The van der Waals surface area contributed by atoms with Crippen molar-refractivity contribution in [2.75, 3.05) is 26.9 Å². The lowest BCUT2D eigenvalue weighted by Gasteiger charge is -2.64. The molecule has 0 aromatic rings. The van der Waals surface area contributed by atoms with Gasteiger partial charge in [0, 0.05) is 7.11 Å². The monoisotopic (exact) mass is 1200 g/mol. The molecule has 29 atom stereocenters. The van der Waals surface area contributed by atoms with Crippen LogP contribution in [0.5, 0.6) is 0 Å². The van der Waals surface area contributed by atoms with Crippen LogP contribution in [0.4, 0.5) is 0 Å². The smallest absolute Gasteiger partial charge is 0.397 e. The third-order valence-corrected chi connectivity index (χ3v) is 21.2. The lowest BCUT2D eigenvalue weighted by molar-refractivity contribution is -0.389. The molecule has 28 heteroatoms. The van der Waals surface area contributed by atoms with Gasteiger partial charge in [-0.2, -0.15) is 8.42 Å². The minimum Gasteiger partial charge on any atom is -0.453 e. The molecule has 1 unspecified atom stereocenters. The van der Waals surface area contributed by atoms with Crippen LogP contribution >= 0.6 is 0 Å².